The van der Waals surface area contributed by atoms with Crippen molar-refractivity contribution >= 4 is 17.5 Å². The zero-order chi connectivity index (χ0) is 16.2. The van der Waals surface area contributed by atoms with E-state index in [-0.39, 0.29) is 18.3 Å². The van der Waals surface area contributed by atoms with Gasteiger partial charge in [-0.3, -0.25) is 4.79 Å². The lowest BCUT2D eigenvalue weighted by molar-refractivity contribution is 0.0946. The van der Waals surface area contributed by atoms with Gasteiger partial charge < -0.3 is 9.84 Å². The Balaban J connectivity index is 1.64. The third-order valence-electron chi connectivity index (χ3n) is 3.08. The van der Waals surface area contributed by atoms with Crippen LogP contribution in [0.2, 0.25) is 5.02 Å². The highest BCUT2D eigenvalue weighted by molar-refractivity contribution is 6.30. The molecule has 1 N–H and O–H groups in total. The molecule has 1 heterocycles. The number of halogens is 2. The lowest BCUT2D eigenvalue weighted by Gasteiger charge is -2.01. The van der Waals surface area contributed by atoms with Gasteiger partial charge >= 0.3 is 0 Å². The van der Waals surface area contributed by atoms with Crippen LogP contribution in [0.4, 0.5) is 4.39 Å². The van der Waals surface area contributed by atoms with Crippen LogP contribution < -0.4 is 5.32 Å². The van der Waals surface area contributed by atoms with Crippen molar-refractivity contribution in [2.45, 2.75) is 6.54 Å². The number of nitrogens with zero attached hydrogens (tertiary/aromatic N) is 2. The Hall–Kier alpha value is -2.73. The first-order chi connectivity index (χ1) is 11.1. The molecule has 2 aromatic carbocycles. The van der Waals surface area contributed by atoms with Gasteiger partial charge in [-0.05, 0) is 48.5 Å². The minimum atomic E-state index is -0.397. The van der Waals surface area contributed by atoms with Gasteiger partial charge in [0.1, 0.15) is 5.82 Å². The van der Waals surface area contributed by atoms with Crippen LogP contribution in [-0.4, -0.2) is 16.0 Å². The molecule has 0 bridgehead atoms. The normalized spacial score (nSPS) is 10.5. The second-order valence-electron chi connectivity index (χ2n) is 4.71. The molecule has 0 spiro atoms. The van der Waals surface area contributed by atoms with Crippen molar-refractivity contribution in [3.8, 4) is 11.4 Å². The average Bonchev–Trinajstić information content (AvgIpc) is 3.03. The molecule has 3 aromatic rings. The second kappa shape index (κ2) is 6.58. The third-order valence-corrected chi connectivity index (χ3v) is 3.33. The van der Waals surface area contributed by atoms with Crippen LogP contribution in [0.5, 0.6) is 0 Å². The van der Waals surface area contributed by atoms with Crippen molar-refractivity contribution in [2.24, 2.45) is 0 Å². The van der Waals surface area contributed by atoms with Crippen LogP contribution in [0.1, 0.15) is 16.2 Å². The maximum absolute atomic E-state index is 12.8. The SMILES string of the molecule is O=C(NCc1nc(-c2ccc(Cl)cc2)no1)c1ccc(F)cc1. The van der Waals surface area contributed by atoms with Gasteiger partial charge in [-0.15, -0.1) is 0 Å². The van der Waals surface area contributed by atoms with Crippen LogP contribution in [0, 0.1) is 5.82 Å². The van der Waals surface area contributed by atoms with Crippen LogP contribution >= 0.6 is 11.6 Å². The Kier molecular flexibility index (Phi) is 4.34. The lowest BCUT2D eigenvalue weighted by Crippen LogP contribution is -2.22. The van der Waals surface area contributed by atoms with Crippen LogP contribution in [0.25, 0.3) is 11.4 Å². The number of rotatable bonds is 4. The molecule has 116 valence electrons. The summed E-state index contributed by atoms with van der Waals surface area (Å²) in [4.78, 5) is 16.1. The highest BCUT2D eigenvalue weighted by atomic mass is 35.5. The van der Waals surface area contributed by atoms with Gasteiger partial charge in [-0.2, -0.15) is 4.98 Å². The first-order valence-electron chi connectivity index (χ1n) is 6.74. The van der Waals surface area contributed by atoms with Crippen molar-refractivity contribution in [3.05, 3.63) is 70.8 Å². The highest BCUT2D eigenvalue weighted by Gasteiger charge is 2.11. The predicted octanol–water partition coefficient (Wildman–Crippen LogP) is 3.46. The van der Waals surface area contributed by atoms with Gasteiger partial charge in [0.25, 0.3) is 5.91 Å². The van der Waals surface area contributed by atoms with Gasteiger partial charge in [0, 0.05) is 16.1 Å². The quantitative estimate of drug-likeness (QED) is 0.795. The fourth-order valence-electron chi connectivity index (χ4n) is 1.90. The van der Waals surface area contributed by atoms with E-state index in [9.17, 15) is 9.18 Å². The van der Waals surface area contributed by atoms with Crippen LogP contribution in [0.15, 0.2) is 53.1 Å². The number of aromatic nitrogens is 2. The molecule has 0 saturated carbocycles. The predicted molar refractivity (Wildman–Crippen MR) is 82.3 cm³/mol. The summed E-state index contributed by atoms with van der Waals surface area (Å²) in [7, 11) is 0. The molecule has 1 amide bonds. The number of amides is 1. The van der Waals surface area contributed by atoms with Crippen molar-refractivity contribution in [3.63, 3.8) is 0 Å². The first-order valence-corrected chi connectivity index (χ1v) is 7.12. The van der Waals surface area contributed by atoms with E-state index in [1.807, 2.05) is 0 Å². The summed E-state index contributed by atoms with van der Waals surface area (Å²) in [6.45, 7) is 0.0802. The Labute approximate surface area is 136 Å². The number of hydrogen-bond acceptors (Lipinski definition) is 4. The minimum Gasteiger partial charge on any atom is -0.343 e. The number of nitrogens with one attached hydrogen (secondary N) is 1. The molecule has 0 aliphatic heterocycles. The molecule has 0 fully saturated rings. The third kappa shape index (κ3) is 3.73. The summed E-state index contributed by atoms with van der Waals surface area (Å²) in [5.74, 6) is -0.0691. The molecular weight excluding hydrogens is 321 g/mol. The van der Waals surface area contributed by atoms with Gasteiger partial charge in [0.15, 0.2) is 0 Å². The summed E-state index contributed by atoms with van der Waals surface area (Å²) in [5.41, 5.74) is 1.11. The summed E-state index contributed by atoms with van der Waals surface area (Å²) in [6.07, 6.45) is 0. The Morgan fingerprint density at radius 1 is 1.13 bits per heavy atom. The Morgan fingerprint density at radius 2 is 1.83 bits per heavy atom. The maximum atomic E-state index is 12.8. The van der Waals surface area contributed by atoms with Gasteiger partial charge in [-0.25, -0.2) is 4.39 Å². The molecule has 0 saturated heterocycles. The first kappa shape index (κ1) is 15.2. The Bertz CT molecular complexity index is 816. The maximum Gasteiger partial charge on any atom is 0.251 e. The van der Waals surface area contributed by atoms with E-state index in [0.29, 0.717) is 16.4 Å². The molecule has 1 aromatic heterocycles. The van der Waals surface area contributed by atoms with E-state index in [4.69, 9.17) is 16.1 Å². The van der Waals surface area contributed by atoms with Gasteiger partial charge in [0.2, 0.25) is 11.7 Å². The van der Waals surface area contributed by atoms with Crippen molar-refractivity contribution in [2.75, 3.05) is 0 Å². The largest absolute Gasteiger partial charge is 0.343 e. The van der Waals surface area contributed by atoms with Crippen LogP contribution in [0.3, 0.4) is 0 Å². The fourth-order valence-corrected chi connectivity index (χ4v) is 2.03. The monoisotopic (exact) mass is 331 g/mol. The van der Waals surface area contributed by atoms with E-state index < -0.39 is 5.82 Å². The molecule has 5 nitrogen and oxygen atoms in total. The minimum absolute atomic E-state index is 0.0802. The van der Waals surface area contributed by atoms with Crippen LogP contribution in [-0.2, 0) is 6.54 Å². The molecule has 23 heavy (non-hydrogen) atoms. The molecule has 0 aliphatic carbocycles. The molecule has 0 aliphatic rings. The second-order valence-corrected chi connectivity index (χ2v) is 5.14. The summed E-state index contributed by atoms with van der Waals surface area (Å²) >= 11 is 5.82. The average molecular weight is 332 g/mol. The summed E-state index contributed by atoms with van der Waals surface area (Å²) in [6, 6.07) is 12.2. The van der Waals surface area contributed by atoms with Crippen molar-refractivity contribution < 1.29 is 13.7 Å². The smallest absolute Gasteiger partial charge is 0.251 e. The molecule has 0 unspecified atom stereocenters. The summed E-state index contributed by atoms with van der Waals surface area (Å²) in [5, 5.41) is 7.09. The summed E-state index contributed by atoms with van der Waals surface area (Å²) < 4.78 is 17.9. The standard InChI is InChI=1S/C16H11ClFN3O2/c17-12-5-1-10(2-6-12)15-20-14(23-21-15)9-19-16(22)11-3-7-13(18)8-4-11/h1-8H,9H2,(H,19,22). The molecule has 3 rings (SSSR count). The van der Waals surface area contributed by atoms with Crippen molar-refractivity contribution in [1.82, 2.24) is 15.5 Å². The van der Waals surface area contributed by atoms with E-state index in [1.54, 1.807) is 24.3 Å². The number of carbonyl (C=O) groups excluding carboxylic acids is 1. The van der Waals surface area contributed by atoms with E-state index >= 15 is 0 Å². The zero-order valence-corrected chi connectivity index (χ0v) is 12.5. The van der Waals surface area contributed by atoms with E-state index in [1.165, 1.54) is 24.3 Å². The van der Waals surface area contributed by atoms with E-state index in [2.05, 4.69) is 15.5 Å². The molecule has 0 atom stereocenters. The van der Waals surface area contributed by atoms with E-state index in [0.717, 1.165) is 5.56 Å². The fraction of sp³-hybridized carbons (Fsp3) is 0.0625. The lowest BCUT2D eigenvalue weighted by atomic mass is 10.2. The Morgan fingerprint density at radius 3 is 2.52 bits per heavy atom. The topological polar surface area (TPSA) is 68.0 Å². The van der Waals surface area contributed by atoms with Gasteiger partial charge in [0.05, 0.1) is 6.54 Å². The van der Waals surface area contributed by atoms with Gasteiger partial charge in [-0.1, -0.05) is 16.8 Å². The number of carbonyl (C=O) groups is 1. The number of hydrogen-bond donors (Lipinski definition) is 1. The molecule has 0 radical (unpaired) electrons. The highest BCUT2D eigenvalue weighted by Crippen LogP contribution is 2.18. The van der Waals surface area contributed by atoms with Crippen molar-refractivity contribution in [1.29, 1.82) is 0 Å². The number of benzene rings is 2. The zero-order valence-electron chi connectivity index (χ0n) is 11.8. The molecular formula is C16H11ClFN3O2. The molecule has 7 heteroatoms.